The molecule has 0 atom stereocenters. The monoisotopic (exact) mass is 422 g/mol. The van der Waals surface area contributed by atoms with Gasteiger partial charge in [-0.1, -0.05) is 59.6 Å². The van der Waals surface area contributed by atoms with Crippen molar-refractivity contribution in [3.05, 3.63) is 70.7 Å². The Bertz CT molecular complexity index is 1110. The number of carbonyl (C=O) groups is 1. The molecule has 0 spiro atoms. The highest BCUT2D eigenvalue weighted by Crippen LogP contribution is 2.27. The van der Waals surface area contributed by atoms with Crippen molar-refractivity contribution in [2.75, 3.05) is 18.9 Å². The quantitative estimate of drug-likeness (QED) is 0.661. The number of nitrogens with one attached hydrogen (secondary N) is 1. The van der Waals surface area contributed by atoms with Crippen molar-refractivity contribution >= 4 is 55.6 Å². The second kappa shape index (κ2) is 7.86. The van der Waals surface area contributed by atoms with E-state index in [-0.39, 0.29) is 21.5 Å². The molecule has 0 bridgehead atoms. The van der Waals surface area contributed by atoms with Crippen LogP contribution in [0.4, 0.5) is 5.69 Å². The topological polar surface area (TPSA) is 66.5 Å². The summed E-state index contributed by atoms with van der Waals surface area (Å²) in [6.07, 6.45) is 0. The molecule has 3 aromatic rings. The van der Waals surface area contributed by atoms with Crippen LogP contribution in [0.1, 0.15) is 0 Å². The third-order valence-corrected chi connectivity index (χ3v) is 6.53. The first-order chi connectivity index (χ1) is 12.8. The summed E-state index contributed by atoms with van der Waals surface area (Å²) in [5, 5.41) is 4.89. The number of carbonyl (C=O) groups excluding carboxylic acids is 1. The minimum absolute atomic E-state index is 0.0423. The second-order valence-electron chi connectivity index (χ2n) is 5.91. The number of sulfonamides is 1. The molecule has 0 fully saturated rings. The normalized spacial score (nSPS) is 11.7. The lowest BCUT2D eigenvalue weighted by Crippen LogP contribution is -2.35. The number of anilines is 1. The molecule has 1 amide bonds. The Morgan fingerprint density at radius 2 is 1.74 bits per heavy atom. The Morgan fingerprint density at radius 3 is 2.52 bits per heavy atom. The van der Waals surface area contributed by atoms with Crippen molar-refractivity contribution in [2.24, 2.45) is 0 Å². The van der Waals surface area contributed by atoms with Gasteiger partial charge in [-0.2, -0.15) is 4.31 Å². The van der Waals surface area contributed by atoms with E-state index < -0.39 is 15.9 Å². The van der Waals surface area contributed by atoms with Crippen LogP contribution in [0.5, 0.6) is 0 Å². The van der Waals surface area contributed by atoms with Crippen LogP contribution in [0, 0.1) is 0 Å². The Kier molecular flexibility index (Phi) is 5.72. The maximum absolute atomic E-state index is 12.7. The van der Waals surface area contributed by atoms with Gasteiger partial charge in [0.25, 0.3) is 0 Å². The molecule has 3 aromatic carbocycles. The first-order valence-electron chi connectivity index (χ1n) is 7.98. The number of amides is 1. The molecule has 3 rings (SSSR count). The van der Waals surface area contributed by atoms with Gasteiger partial charge in [-0.05, 0) is 29.7 Å². The Labute approximate surface area is 167 Å². The Balaban J connectivity index is 1.80. The summed E-state index contributed by atoms with van der Waals surface area (Å²) in [4.78, 5) is 12.3. The summed E-state index contributed by atoms with van der Waals surface area (Å²) < 4.78 is 26.4. The van der Waals surface area contributed by atoms with E-state index in [4.69, 9.17) is 23.2 Å². The number of hydrogen-bond acceptors (Lipinski definition) is 3. The van der Waals surface area contributed by atoms with E-state index in [2.05, 4.69) is 5.32 Å². The number of halogens is 2. The third kappa shape index (κ3) is 4.25. The van der Waals surface area contributed by atoms with E-state index in [0.29, 0.717) is 5.69 Å². The molecule has 0 saturated carbocycles. The van der Waals surface area contributed by atoms with Gasteiger partial charge in [0, 0.05) is 23.1 Å². The molecule has 0 aliphatic heterocycles. The summed E-state index contributed by atoms with van der Waals surface area (Å²) in [6, 6.07) is 17.3. The predicted octanol–water partition coefficient (Wildman–Crippen LogP) is 4.41. The average Bonchev–Trinajstić information content (AvgIpc) is 2.63. The highest BCUT2D eigenvalue weighted by Gasteiger charge is 2.26. The van der Waals surface area contributed by atoms with Crippen molar-refractivity contribution in [1.29, 1.82) is 0 Å². The number of rotatable bonds is 5. The fourth-order valence-corrected chi connectivity index (χ4v) is 4.51. The lowest BCUT2D eigenvalue weighted by atomic mass is 10.1. The number of benzene rings is 3. The summed E-state index contributed by atoms with van der Waals surface area (Å²) in [5.74, 6) is -0.462. The first-order valence-corrected chi connectivity index (χ1v) is 10.2. The molecule has 5 nitrogen and oxygen atoms in total. The van der Waals surface area contributed by atoms with Crippen LogP contribution >= 0.6 is 23.2 Å². The molecule has 1 N–H and O–H groups in total. The van der Waals surface area contributed by atoms with Gasteiger partial charge in [0.05, 0.1) is 11.6 Å². The van der Waals surface area contributed by atoms with Crippen LogP contribution in [-0.2, 0) is 14.8 Å². The van der Waals surface area contributed by atoms with Crippen molar-refractivity contribution in [1.82, 2.24) is 4.31 Å². The number of fused-ring (bicyclic) bond motifs is 1. The summed E-state index contributed by atoms with van der Waals surface area (Å²) >= 11 is 11.9. The highest BCUT2D eigenvalue weighted by atomic mass is 35.5. The first kappa shape index (κ1) is 19.6. The number of nitrogens with zero attached hydrogens (tertiary/aromatic N) is 1. The minimum Gasteiger partial charge on any atom is -0.324 e. The van der Waals surface area contributed by atoms with Gasteiger partial charge in [0.15, 0.2) is 0 Å². The van der Waals surface area contributed by atoms with Crippen molar-refractivity contribution in [3.8, 4) is 0 Å². The molecule has 0 saturated heterocycles. The maximum Gasteiger partial charge on any atom is 0.244 e. The molecular formula is C19H16Cl2N2O3S. The summed E-state index contributed by atoms with van der Waals surface area (Å²) in [6.45, 7) is -0.367. The largest absolute Gasteiger partial charge is 0.324 e. The lowest BCUT2D eigenvalue weighted by Gasteiger charge is -2.18. The fourth-order valence-electron chi connectivity index (χ4n) is 2.65. The molecule has 8 heteroatoms. The predicted molar refractivity (Wildman–Crippen MR) is 109 cm³/mol. The van der Waals surface area contributed by atoms with Crippen LogP contribution in [-0.4, -0.2) is 32.2 Å². The SMILES string of the molecule is CN(CC(=O)Nc1cccc2ccccc12)S(=O)(=O)c1cc(Cl)ccc1Cl. The molecule has 0 aromatic heterocycles. The molecule has 0 aliphatic carbocycles. The molecule has 0 radical (unpaired) electrons. The van der Waals surface area contributed by atoms with Crippen molar-refractivity contribution in [2.45, 2.75) is 4.90 Å². The maximum atomic E-state index is 12.7. The molecule has 0 aliphatic rings. The third-order valence-electron chi connectivity index (χ3n) is 4.01. The fraction of sp³-hybridized carbons (Fsp3) is 0.105. The molecule has 27 heavy (non-hydrogen) atoms. The zero-order valence-corrected chi connectivity index (χ0v) is 16.6. The van der Waals surface area contributed by atoms with Gasteiger partial charge >= 0.3 is 0 Å². The van der Waals surface area contributed by atoms with E-state index >= 15 is 0 Å². The van der Waals surface area contributed by atoms with Crippen LogP contribution in [0.2, 0.25) is 10.0 Å². The Hall–Kier alpha value is -2.12. The van der Waals surface area contributed by atoms with Gasteiger partial charge in [-0.3, -0.25) is 4.79 Å². The average molecular weight is 423 g/mol. The second-order valence-corrected chi connectivity index (χ2v) is 8.77. The van der Waals surface area contributed by atoms with E-state index in [9.17, 15) is 13.2 Å². The Morgan fingerprint density at radius 1 is 1.04 bits per heavy atom. The zero-order valence-electron chi connectivity index (χ0n) is 14.3. The van der Waals surface area contributed by atoms with Gasteiger partial charge in [0.2, 0.25) is 15.9 Å². The molecule has 0 unspecified atom stereocenters. The number of hydrogen-bond donors (Lipinski definition) is 1. The van der Waals surface area contributed by atoms with E-state index in [1.54, 1.807) is 6.07 Å². The van der Waals surface area contributed by atoms with E-state index in [1.807, 2.05) is 36.4 Å². The number of likely N-dealkylation sites (N-methyl/N-ethyl adjacent to an activating group) is 1. The van der Waals surface area contributed by atoms with Crippen molar-refractivity contribution < 1.29 is 13.2 Å². The van der Waals surface area contributed by atoms with Crippen LogP contribution < -0.4 is 5.32 Å². The standard InChI is InChI=1S/C19H16Cl2N2O3S/c1-23(27(25,26)18-11-14(20)9-10-16(18)21)12-19(24)22-17-8-4-6-13-5-2-3-7-15(13)17/h2-11H,12H2,1H3,(H,22,24). The summed E-state index contributed by atoms with van der Waals surface area (Å²) in [5.41, 5.74) is 0.615. The smallest absolute Gasteiger partial charge is 0.244 e. The molecule has 0 heterocycles. The lowest BCUT2D eigenvalue weighted by molar-refractivity contribution is -0.116. The van der Waals surface area contributed by atoms with Gasteiger partial charge < -0.3 is 5.32 Å². The zero-order chi connectivity index (χ0) is 19.6. The molecule has 140 valence electrons. The summed E-state index contributed by atoms with van der Waals surface area (Å²) in [7, 11) is -2.65. The van der Waals surface area contributed by atoms with Gasteiger partial charge in [-0.25, -0.2) is 8.42 Å². The van der Waals surface area contributed by atoms with Crippen LogP contribution in [0.15, 0.2) is 65.6 Å². The van der Waals surface area contributed by atoms with Crippen LogP contribution in [0.3, 0.4) is 0 Å². The van der Waals surface area contributed by atoms with Crippen LogP contribution in [0.25, 0.3) is 10.8 Å². The van der Waals surface area contributed by atoms with E-state index in [0.717, 1.165) is 15.1 Å². The van der Waals surface area contributed by atoms with Crippen molar-refractivity contribution in [3.63, 3.8) is 0 Å². The van der Waals surface area contributed by atoms with Gasteiger partial charge in [0.1, 0.15) is 4.90 Å². The highest BCUT2D eigenvalue weighted by molar-refractivity contribution is 7.89. The van der Waals surface area contributed by atoms with Gasteiger partial charge in [-0.15, -0.1) is 0 Å². The minimum atomic E-state index is -3.97. The van der Waals surface area contributed by atoms with E-state index in [1.165, 1.54) is 25.2 Å². The molecular weight excluding hydrogens is 407 g/mol.